The molecule has 1 atom stereocenters. The van der Waals surface area contributed by atoms with Crippen molar-refractivity contribution >= 4 is 15.9 Å². The lowest BCUT2D eigenvalue weighted by Gasteiger charge is -2.11. The first kappa shape index (κ1) is 11.2. The minimum Gasteiger partial charge on any atom is -0.324 e. The summed E-state index contributed by atoms with van der Waals surface area (Å²) in [5.41, 5.74) is 8.10. The van der Waals surface area contributed by atoms with Gasteiger partial charge in [-0.25, -0.2) is 0 Å². The summed E-state index contributed by atoms with van der Waals surface area (Å²) in [5.74, 6) is 0. The maximum Gasteiger partial charge on any atom is 0.0422 e. The van der Waals surface area contributed by atoms with E-state index in [2.05, 4.69) is 25.9 Å². The Labute approximate surface area is 103 Å². The van der Waals surface area contributed by atoms with Crippen LogP contribution in [0.2, 0.25) is 0 Å². The summed E-state index contributed by atoms with van der Waals surface area (Å²) in [4.78, 5) is 8.35. The Morgan fingerprint density at radius 3 is 2.88 bits per heavy atom. The maximum absolute atomic E-state index is 6.10. The van der Waals surface area contributed by atoms with Gasteiger partial charge in [0.2, 0.25) is 0 Å². The number of halogens is 1. The Hall–Kier alpha value is -1.26. The van der Waals surface area contributed by atoms with Crippen LogP contribution in [0.25, 0.3) is 0 Å². The van der Waals surface area contributed by atoms with Crippen molar-refractivity contribution in [2.45, 2.75) is 12.5 Å². The zero-order chi connectivity index (χ0) is 11.4. The molecule has 1 unspecified atom stereocenters. The maximum atomic E-state index is 6.10. The second kappa shape index (κ2) is 5.18. The van der Waals surface area contributed by atoms with Gasteiger partial charge in [-0.15, -0.1) is 0 Å². The van der Waals surface area contributed by atoms with E-state index >= 15 is 0 Å². The summed E-state index contributed by atoms with van der Waals surface area (Å²) in [6, 6.07) is 7.76. The number of pyridine rings is 2. The molecule has 0 fully saturated rings. The molecule has 2 N–H and O–H groups in total. The highest BCUT2D eigenvalue weighted by atomic mass is 79.9. The van der Waals surface area contributed by atoms with Crippen molar-refractivity contribution in [2.75, 3.05) is 0 Å². The SMILES string of the molecule is NC(Cc1ccccn1)c1cncc(Br)c1. The Kier molecular flexibility index (Phi) is 3.64. The first-order valence-electron chi connectivity index (χ1n) is 5.01. The number of rotatable bonds is 3. The molecule has 0 aliphatic carbocycles. The first-order chi connectivity index (χ1) is 7.75. The average Bonchev–Trinajstić information content (AvgIpc) is 2.30. The molecule has 0 bridgehead atoms. The highest BCUT2D eigenvalue weighted by Crippen LogP contribution is 2.17. The molecule has 0 saturated carbocycles. The van der Waals surface area contributed by atoms with Crippen molar-refractivity contribution in [3.8, 4) is 0 Å². The number of hydrogen-bond donors (Lipinski definition) is 1. The van der Waals surface area contributed by atoms with Gasteiger partial charge in [0.05, 0.1) is 0 Å². The molecule has 3 nitrogen and oxygen atoms in total. The van der Waals surface area contributed by atoms with E-state index in [0.29, 0.717) is 0 Å². The van der Waals surface area contributed by atoms with Crippen molar-refractivity contribution in [1.82, 2.24) is 9.97 Å². The summed E-state index contributed by atoms with van der Waals surface area (Å²) >= 11 is 3.38. The highest BCUT2D eigenvalue weighted by Gasteiger charge is 2.08. The van der Waals surface area contributed by atoms with Crippen LogP contribution in [0.3, 0.4) is 0 Å². The van der Waals surface area contributed by atoms with Crippen LogP contribution in [0.1, 0.15) is 17.3 Å². The highest BCUT2D eigenvalue weighted by molar-refractivity contribution is 9.10. The fourth-order valence-corrected chi connectivity index (χ4v) is 1.88. The van der Waals surface area contributed by atoms with Crippen molar-refractivity contribution in [3.05, 3.63) is 58.6 Å². The van der Waals surface area contributed by atoms with Crippen LogP contribution in [-0.2, 0) is 6.42 Å². The van der Waals surface area contributed by atoms with Gasteiger partial charge >= 0.3 is 0 Å². The largest absolute Gasteiger partial charge is 0.324 e. The lowest BCUT2D eigenvalue weighted by atomic mass is 10.0. The van der Waals surface area contributed by atoms with E-state index in [0.717, 1.165) is 22.2 Å². The molecule has 2 aromatic heterocycles. The topological polar surface area (TPSA) is 51.8 Å². The summed E-state index contributed by atoms with van der Waals surface area (Å²) < 4.78 is 0.946. The fraction of sp³-hybridized carbons (Fsp3) is 0.167. The summed E-state index contributed by atoms with van der Waals surface area (Å²) in [6.45, 7) is 0. The third-order valence-electron chi connectivity index (χ3n) is 2.31. The Bertz CT molecular complexity index is 459. The van der Waals surface area contributed by atoms with E-state index in [1.807, 2.05) is 24.3 Å². The molecule has 0 radical (unpaired) electrons. The fourth-order valence-electron chi connectivity index (χ4n) is 1.49. The van der Waals surface area contributed by atoms with E-state index in [1.54, 1.807) is 18.6 Å². The van der Waals surface area contributed by atoms with Crippen LogP contribution in [0, 0.1) is 0 Å². The average molecular weight is 278 g/mol. The van der Waals surface area contributed by atoms with Crippen LogP contribution in [0.5, 0.6) is 0 Å². The van der Waals surface area contributed by atoms with E-state index in [9.17, 15) is 0 Å². The Balaban J connectivity index is 2.12. The van der Waals surface area contributed by atoms with E-state index in [4.69, 9.17) is 5.73 Å². The second-order valence-electron chi connectivity index (χ2n) is 3.57. The first-order valence-corrected chi connectivity index (χ1v) is 5.81. The molecule has 0 aliphatic rings. The summed E-state index contributed by atoms with van der Waals surface area (Å²) in [5, 5.41) is 0. The standard InChI is InChI=1S/C12H12BrN3/c13-10-5-9(7-15-8-10)12(14)6-11-3-1-2-4-16-11/h1-5,7-8,12H,6,14H2. The lowest BCUT2D eigenvalue weighted by Crippen LogP contribution is -2.14. The minimum absolute atomic E-state index is 0.0695. The molecule has 0 aliphatic heterocycles. The number of nitrogens with zero attached hydrogens (tertiary/aromatic N) is 2. The second-order valence-corrected chi connectivity index (χ2v) is 4.48. The molecular formula is C12H12BrN3. The zero-order valence-electron chi connectivity index (χ0n) is 8.68. The molecule has 0 spiro atoms. The molecule has 0 saturated heterocycles. The van der Waals surface area contributed by atoms with Crippen molar-refractivity contribution < 1.29 is 0 Å². The van der Waals surface area contributed by atoms with Crippen molar-refractivity contribution in [2.24, 2.45) is 5.73 Å². The van der Waals surface area contributed by atoms with Crippen LogP contribution >= 0.6 is 15.9 Å². The van der Waals surface area contributed by atoms with Gasteiger partial charge in [0.1, 0.15) is 0 Å². The molecule has 16 heavy (non-hydrogen) atoms. The van der Waals surface area contributed by atoms with E-state index in [1.165, 1.54) is 0 Å². The third-order valence-corrected chi connectivity index (χ3v) is 2.74. The van der Waals surface area contributed by atoms with Gasteiger partial charge in [-0.3, -0.25) is 9.97 Å². The van der Waals surface area contributed by atoms with Gasteiger partial charge in [0.15, 0.2) is 0 Å². The number of nitrogens with two attached hydrogens (primary N) is 1. The summed E-state index contributed by atoms with van der Waals surface area (Å²) in [7, 11) is 0. The zero-order valence-corrected chi connectivity index (χ0v) is 10.3. The van der Waals surface area contributed by atoms with Gasteiger partial charge < -0.3 is 5.73 Å². The molecule has 2 aromatic rings. The van der Waals surface area contributed by atoms with Gasteiger partial charge in [-0.2, -0.15) is 0 Å². The Morgan fingerprint density at radius 1 is 1.31 bits per heavy atom. The number of hydrogen-bond acceptors (Lipinski definition) is 3. The molecule has 2 rings (SSSR count). The molecular weight excluding hydrogens is 266 g/mol. The van der Waals surface area contributed by atoms with E-state index in [-0.39, 0.29) is 6.04 Å². The normalized spacial score (nSPS) is 12.4. The van der Waals surface area contributed by atoms with Gasteiger partial charge in [-0.05, 0) is 39.7 Å². The quantitative estimate of drug-likeness (QED) is 0.938. The minimum atomic E-state index is -0.0695. The van der Waals surface area contributed by atoms with Crippen molar-refractivity contribution in [3.63, 3.8) is 0 Å². The number of aromatic nitrogens is 2. The smallest absolute Gasteiger partial charge is 0.0422 e. The molecule has 4 heteroatoms. The van der Waals surface area contributed by atoms with Crippen molar-refractivity contribution in [1.29, 1.82) is 0 Å². The molecule has 2 heterocycles. The monoisotopic (exact) mass is 277 g/mol. The molecule has 0 amide bonds. The predicted molar refractivity (Wildman–Crippen MR) is 66.8 cm³/mol. The van der Waals surface area contributed by atoms with Gasteiger partial charge in [0, 0.05) is 41.2 Å². The third kappa shape index (κ3) is 2.87. The van der Waals surface area contributed by atoms with Gasteiger partial charge in [-0.1, -0.05) is 6.07 Å². The predicted octanol–water partition coefficient (Wildman–Crippen LogP) is 2.48. The lowest BCUT2D eigenvalue weighted by molar-refractivity contribution is 0.702. The van der Waals surface area contributed by atoms with E-state index < -0.39 is 0 Å². The Morgan fingerprint density at radius 2 is 2.19 bits per heavy atom. The molecule has 0 aromatic carbocycles. The molecule has 82 valence electrons. The van der Waals surface area contributed by atoms with Crippen LogP contribution < -0.4 is 5.73 Å². The van der Waals surface area contributed by atoms with Crippen LogP contribution in [0.4, 0.5) is 0 Å². The summed E-state index contributed by atoms with van der Waals surface area (Å²) in [6.07, 6.45) is 6.04. The van der Waals surface area contributed by atoms with Gasteiger partial charge in [0.25, 0.3) is 0 Å². The van der Waals surface area contributed by atoms with Crippen LogP contribution in [0.15, 0.2) is 47.3 Å². The van der Waals surface area contributed by atoms with Crippen LogP contribution in [-0.4, -0.2) is 9.97 Å².